The lowest BCUT2D eigenvalue weighted by molar-refractivity contribution is -0.153. The van der Waals surface area contributed by atoms with Crippen LogP contribution in [0.2, 0.25) is 0 Å². The van der Waals surface area contributed by atoms with Crippen molar-refractivity contribution in [2.24, 2.45) is 17.8 Å². The fourth-order valence-electron chi connectivity index (χ4n) is 2.92. The van der Waals surface area contributed by atoms with E-state index >= 15 is 0 Å². The van der Waals surface area contributed by atoms with Gasteiger partial charge >= 0.3 is 5.97 Å². The summed E-state index contributed by atoms with van der Waals surface area (Å²) in [4.78, 5) is 11.6. The molecule has 2 nitrogen and oxygen atoms in total. The van der Waals surface area contributed by atoms with E-state index in [4.69, 9.17) is 4.74 Å². The molecule has 0 aromatic heterocycles. The molecule has 1 atom stereocenters. The number of carbonyl (C=O) groups excluding carboxylic acids is 1. The van der Waals surface area contributed by atoms with Gasteiger partial charge in [-0.15, -0.1) is 0 Å². The van der Waals surface area contributed by atoms with Crippen LogP contribution in [0.3, 0.4) is 0 Å². The van der Waals surface area contributed by atoms with E-state index in [1.165, 1.54) is 25.7 Å². The number of hydrogen-bond donors (Lipinski definition) is 0. The second-order valence-electron chi connectivity index (χ2n) is 4.38. The molecule has 3 fully saturated rings. The van der Waals surface area contributed by atoms with Gasteiger partial charge in [-0.25, -0.2) is 0 Å². The second kappa shape index (κ2) is 6.14. The first-order valence-electron chi connectivity index (χ1n) is 6.48. The summed E-state index contributed by atoms with van der Waals surface area (Å²) in [6.07, 6.45) is 6.31. The third-order valence-corrected chi connectivity index (χ3v) is 3.64. The molecule has 0 saturated heterocycles. The standard InChI is InChI=1S/C11H18O2.C2H6/c1-2-13-11(12)10-7-8-3-5-9(10)6-4-8;1-2/h8-10H,2-7H2,1H3;1-2H3. The Hall–Kier alpha value is -0.530. The van der Waals surface area contributed by atoms with Gasteiger partial charge in [0.25, 0.3) is 0 Å². The van der Waals surface area contributed by atoms with Crippen molar-refractivity contribution in [3.8, 4) is 0 Å². The Morgan fingerprint density at radius 2 is 1.80 bits per heavy atom. The van der Waals surface area contributed by atoms with Crippen LogP contribution in [-0.4, -0.2) is 12.6 Å². The van der Waals surface area contributed by atoms with Crippen molar-refractivity contribution in [2.45, 2.75) is 52.9 Å². The predicted octanol–water partition coefficient (Wildman–Crippen LogP) is 3.40. The molecule has 15 heavy (non-hydrogen) atoms. The number of rotatable bonds is 2. The maximum atomic E-state index is 11.6. The molecular weight excluding hydrogens is 188 g/mol. The maximum absolute atomic E-state index is 11.6. The molecule has 0 aliphatic heterocycles. The minimum atomic E-state index is 0.0666. The molecule has 0 N–H and O–H groups in total. The lowest BCUT2D eigenvalue weighted by Crippen LogP contribution is -2.36. The van der Waals surface area contributed by atoms with Crippen LogP contribution in [0.5, 0.6) is 0 Å². The molecule has 0 spiro atoms. The summed E-state index contributed by atoms with van der Waals surface area (Å²) in [5.41, 5.74) is 0. The van der Waals surface area contributed by atoms with E-state index in [9.17, 15) is 4.79 Å². The zero-order valence-electron chi connectivity index (χ0n) is 10.3. The van der Waals surface area contributed by atoms with Crippen LogP contribution in [0.15, 0.2) is 0 Å². The summed E-state index contributed by atoms with van der Waals surface area (Å²) < 4.78 is 5.10. The molecule has 0 heterocycles. The van der Waals surface area contributed by atoms with Crippen molar-refractivity contribution in [1.82, 2.24) is 0 Å². The topological polar surface area (TPSA) is 26.3 Å². The molecule has 1 unspecified atom stereocenters. The summed E-state index contributed by atoms with van der Waals surface area (Å²) in [5, 5.41) is 0. The Morgan fingerprint density at radius 3 is 2.20 bits per heavy atom. The summed E-state index contributed by atoms with van der Waals surface area (Å²) in [6.45, 7) is 6.42. The van der Waals surface area contributed by atoms with Crippen molar-refractivity contribution in [3.05, 3.63) is 0 Å². The van der Waals surface area contributed by atoms with Crippen LogP contribution >= 0.6 is 0 Å². The average molecular weight is 212 g/mol. The zero-order chi connectivity index (χ0) is 11.3. The first kappa shape index (κ1) is 12.5. The van der Waals surface area contributed by atoms with Gasteiger partial charge in [0.2, 0.25) is 0 Å². The van der Waals surface area contributed by atoms with Crippen molar-refractivity contribution < 1.29 is 9.53 Å². The fraction of sp³-hybridized carbons (Fsp3) is 0.923. The van der Waals surface area contributed by atoms with Crippen LogP contribution in [0.25, 0.3) is 0 Å². The minimum absolute atomic E-state index is 0.0666. The highest BCUT2D eigenvalue weighted by molar-refractivity contribution is 5.73. The van der Waals surface area contributed by atoms with E-state index in [2.05, 4.69) is 0 Å². The highest BCUT2D eigenvalue weighted by atomic mass is 16.5. The molecule has 0 aromatic rings. The third-order valence-electron chi connectivity index (χ3n) is 3.64. The Kier molecular flexibility index (Phi) is 5.13. The summed E-state index contributed by atoms with van der Waals surface area (Å²) >= 11 is 0. The quantitative estimate of drug-likeness (QED) is 0.656. The van der Waals surface area contributed by atoms with E-state index in [1.807, 2.05) is 20.8 Å². The largest absolute Gasteiger partial charge is 0.466 e. The SMILES string of the molecule is CC.CCOC(=O)C1CC2CCC1CC2. The third kappa shape index (κ3) is 2.96. The first-order chi connectivity index (χ1) is 7.31. The molecule has 3 aliphatic rings. The van der Waals surface area contributed by atoms with Crippen LogP contribution in [0.4, 0.5) is 0 Å². The van der Waals surface area contributed by atoms with Gasteiger partial charge in [0, 0.05) is 0 Å². The molecule has 0 aromatic carbocycles. The van der Waals surface area contributed by atoms with Gasteiger partial charge in [-0.2, -0.15) is 0 Å². The number of fused-ring (bicyclic) bond motifs is 3. The van der Waals surface area contributed by atoms with Gasteiger partial charge in [-0.05, 0) is 38.0 Å². The Balaban J connectivity index is 0.000000531. The number of hydrogen-bond acceptors (Lipinski definition) is 2. The molecule has 0 amide bonds. The molecule has 2 bridgehead atoms. The smallest absolute Gasteiger partial charge is 0.309 e. The molecule has 2 heteroatoms. The van der Waals surface area contributed by atoms with E-state index in [1.54, 1.807) is 0 Å². The first-order valence-corrected chi connectivity index (χ1v) is 6.48. The second-order valence-corrected chi connectivity index (χ2v) is 4.38. The van der Waals surface area contributed by atoms with E-state index in [0.717, 1.165) is 12.3 Å². The van der Waals surface area contributed by atoms with Crippen LogP contribution < -0.4 is 0 Å². The average Bonchev–Trinajstić information content (AvgIpc) is 2.33. The molecule has 88 valence electrons. The van der Waals surface area contributed by atoms with Crippen LogP contribution in [0, 0.1) is 17.8 Å². The van der Waals surface area contributed by atoms with E-state index in [-0.39, 0.29) is 11.9 Å². The highest BCUT2D eigenvalue weighted by Crippen LogP contribution is 2.45. The van der Waals surface area contributed by atoms with E-state index < -0.39 is 0 Å². The predicted molar refractivity (Wildman–Crippen MR) is 61.5 cm³/mol. The summed E-state index contributed by atoms with van der Waals surface area (Å²) in [6, 6.07) is 0. The summed E-state index contributed by atoms with van der Waals surface area (Å²) in [7, 11) is 0. The maximum Gasteiger partial charge on any atom is 0.309 e. The van der Waals surface area contributed by atoms with Gasteiger partial charge in [0.05, 0.1) is 12.5 Å². The van der Waals surface area contributed by atoms with Gasteiger partial charge in [-0.3, -0.25) is 4.79 Å². The highest BCUT2D eigenvalue weighted by Gasteiger charge is 2.39. The summed E-state index contributed by atoms with van der Waals surface area (Å²) in [5.74, 6) is 1.77. The molecule has 3 rings (SSSR count). The van der Waals surface area contributed by atoms with Crippen LogP contribution in [-0.2, 0) is 9.53 Å². The van der Waals surface area contributed by atoms with Gasteiger partial charge in [-0.1, -0.05) is 26.7 Å². The Morgan fingerprint density at radius 1 is 1.20 bits per heavy atom. The van der Waals surface area contributed by atoms with Crippen molar-refractivity contribution in [2.75, 3.05) is 6.61 Å². The van der Waals surface area contributed by atoms with E-state index in [0.29, 0.717) is 12.5 Å². The van der Waals surface area contributed by atoms with Gasteiger partial charge in [0.1, 0.15) is 0 Å². The van der Waals surface area contributed by atoms with Crippen molar-refractivity contribution in [1.29, 1.82) is 0 Å². The molecule has 0 radical (unpaired) electrons. The lowest BCUT2D eigenvalue weighted by Gasteiger charge is -2.40. The zero-order valence-corrected chi connectivity index (χ0v) is 10.3. The Bertz CT molecular complexity index is 193. The van der Waals surface area contributed by atoms with Crippen LogP contribution in [0.1, 0.15) is 52.9 Å². The van der Waals surface area contributed by atoms with Gasteiger partial charge in [0.15, 0.2) is 0 Å². The molecule has 3 aliphatic carbocycles. The van der Waals surface area contributed by atoms with Gasteiger partial charge < -0.3 is 4.74 Å². The monoisotopic (exact) mass is 212 g/mol. The number of carbonyl (C=O) groups is 1. The van der Waals surface area contributed by atoms with Crippen molar-refractivity contribution in [3.63, 3.8) is 0 Å². The fourth-order valence-corrected chi connectivity index (χ4v) is 2.92. The number of esters is 1. The number of ether oxygens (including phenoxy) is 1. The lowest BCUT2D eigenvalue weighted by atomic mass is 9.65. The minimum Gasteiger partial charge on any atom is -0.466 e. The normalized spacial score (nSPS) is 32.9. The molecule has 3 saturated carbocycles. The van der Waals surface area contributed by atoms with Crippen molar-refractivity contribution >= 4 is 5.97 Å². The molecular formula is C13H24O2. The Labute approximate surface area is 93.4 Å².